The van der Waals surface area contributed by atoms with Crippen LogP contribution in [0.5, 0.6) is 0 Å². The predicted molar refractivity (Wildman–Crippen MR) is 84.1 cm³/mol. The molecule has 20 heavy (non-hydrogen) atoms. The molecule has 1 aliphatic heterocycles. The third-order valence-corrected chi connectivity index (χ3v) is 5.43. The molecule has 2 heteroatoms. The molecule has 1 aromatic carbocycles. The van der Waals surface area contributed by atoms with Crippen LogP contribution in [-0.4, -0.2) is 19.6 Å². The highest BCUT2D eigenvalue weighted by Gasteiger charge is 2.40. The van der Waals surface area contributed by atoms with Crippen molar-refractivity contribution in [1.82, 2.24) is 5.32 Å². The molecule has 0 amide bonds. The van der Waals surface area contributed by atoms with Crippen molar-refractivity contribution in [3.8, 4) is 0 Å². The van der Waals surface area contributed by atoms with Gasteiger partial charge in [-0.1, -0.05) is 18.2 Å². The van der Waals surface area contributed by atoms with E-state index in [2.05, 4.69) is 34.9 Å². The molecule has 2 nitrogen and oxygen atoms in total. The lowest BCUT2D eigenvalue weighted by Gasteiger charge is -2.27. The Bertz CT molecular complexity index is 450. The van der Waals surface area contributed by atoms with E-state index in [0.717, 1.165) is 30.8 Å². The highest BCUT2D eigenvalue weighted by Crippen LogP contribution is 2.48. The predicted octanol–water partition coefficient (Wildman–Crippen LogP) is 3.61. The van der Waals surface area contributed by atoms with Gasteiger partial charge in [0, 0.05) is 24.7 Å². The lowest BCUT2D eigenvalue weighted by molar-refractivity contribution is 0.371. The molecular weight excluding hydrogens is 244 g/mol. The van der Waals surface area contributed by atoms with Gasteiger partial charge in [-0.3, -0.25) is 0 Å². The van der Waals surface area contributed by atoms with Crippen LogP contribution >= 0.6 is 0 Å². The van der Waals surface area contributed by atoms with Gasteiger partial charge in [-0.05, 0) is 68.0 Å². The van der Waals surface area contributed by atoms with E-state index in [4.69, 9.17) is 0 Å². The van der Waals surface area contributed by atoms with Crippen molar-refractivity contribution < 1.29 is 0 Å². The number of para-hydroxylation sites is 1. The van der Waals surface area contributed by atoms with E-state index in [1.54, 1.807) is 0 Å². The SMILES string of the molecule is c1ccc2c(c1)NCCC2CNCC(C1CC1)C1CC1. The lowest BCUT2D eigenvalue weighted by Crippen LogP contribution is -2.31. The van der Waals surface area contributed by atoms with E-state index >= 15 is 0 Å². The molecule has 2 saturated carbocycles. The van der Waals surface area contributed by atoms with Crippen LogP contribution in [0.15, 0.2) is 24.3 Å². The molecule has 0 aromatic heterocycles. The molecule has 2 N–H and O–H groups in total. The Labute approximate surface area is 122 Å². The zero-order chi connectivity index (χ0) is 13.4. The largest absolute Gasteiger partial charge is 0.385 e. The topological polar surface area (TPSA) is 24.1 Å². The molecule has 2 aliphatic carbocycles. The zero-order valence-corrected chi connectivity index (χ0v) is 12.3. The zero-order valence-electron chi connectivity index (χ0n) is 12.3. The number of nitrogens with one attached hydrogen (secondary N) is 2. The summed E-state index contributed by atoms with van der Waals surface area (Å²) in [5, 5.41) is 7.33. The Morgan fingerprint density at radius 1 is 1.05 bits per heavy atom. The molecule has 108 valence electrons. The first-order valence-electron chi connectivity index (χ1n) is 8.45. The van der Waals surface area contributed by atoms with Crippen LogP contribution in [0.3, 0.4) is 0 Å². The van der Waals surface area contributed by atoms with Crippen molar-refractivity contribution in [3.05, 3.63) is 29.8 Å². The van der Waals surface area contributed by atoms with Gasteiger partial charge in [0.05, 0.1) is 0 Å². The molecule has 0 saturated heterocycles. The van der Waals surface area contributed by atoms with Gasteiger partial charge in [0.25, 0.3) is 0 Å². The fourth-order valence-electron chi connectivity index (χ4n) is 3.95. The van der Waals surface area contributed by atoms with E-state index in [-0.39, 0.29) is 0 Å². The monoisotopic (exact) mass is 270 g/mol. The van der Waals surface area contributed by atoms with E-state index in [0.29, 0.717) is 5.92 Å². The molecule has 0 radical (unpaired) electrons. The Kier molecular flexibility index (Phi) is 3.43. The summed E-state index contributed by atoms with van der Waals surface area (Å²) in [6, 6.07) is 8.83. The van der Waals surface area contributed by atoms with Gasteiger partial charge in [0.1, 0.15) is 0 Å². The van der Waals surface area contributed by atoms with Gasteiger partial charge in [-0.25, -0.2) is 0 Å². The van der Waals surface area contributed by atoms with E-state index < -0.39 is 0 Å². The number of anilines is 1. The Morgan fingerprint density at radius 3 is 2.55 bits per heavy atom. The maximum atomic E-state index is 3.81. The number of hydrogen-bond acceptors (Lipinski definition) is 2. The lowest BCUT2D eigenvalue weighted by atomic mass is 9.90. The first-order chi connectivity index (χ1) is 9.92. The molecule has 0 spiro atoms. The van der Waals surface area contributed by atoms with Crippen molar-refractivity contribution in [2.75, 3.05) is 25.0 Å². The van der Waals surface area contributed by atoms with E-state index in [1.807, 2.05) is 0 Å². The third-order valence-electron chi connectivity index (χ3n) is 5.43. The average molecular weight is 270 g/mol. The molecule has 1 atom stereocenters. The van der Waals surface area contributed by atoms with Crippen LogP contribution in [0, 0.1) is 17.8 Å². The highest BCUT2D eigenvalue weighted by molar-refractivity contribution is 5.54. The van der Waals surface area contributed by atoms with Crippen molar-refractivity contribution in [3.63, 3.8) is 0 Å². The minimum atomic E-state index is 0.700. The third kappa shape index (κ3) is 2.71. The average Bonchev–Trinajstić information content (AvgIpc) is 3.38. The highest BCUT2D eigenvalue weighted by atomic mass is 14.9. The van der Waals surface area contributed by atoms with Crippen molar-refractivity contribution in [2.24, 2.45) is 17.8 Å². The Balaban J connectivity index is 1.33. The van der Waals surface area contributed by atoms with E-state index in [9.17, 15) is 0 Å². The summed E-state index contributed by atoms with van der Waals surface area (Å²) in [6.07, 6.45) is 7.26. The van der Waals surface area contributed by atoms with Crippen LogP contribution in [0.4, 0.5) is 5.69 Å². The fraction of sp³-hybridized carbons (Fsp3) is 0.667. The first-order valence-corrected chi connectivity index (χ1v) is 8.45. The fourth-order valence-corrected chi connectivity index (χ4v) is 3.95. The number of hydrogen-bond donors (Lipinski definition) is 2. The Hall–Kier alpha value is -1.02. The van der Waals surface area contributed by atoms with Crippen LogP contribution in [0.1, 0.15) is 43.6 Å². The van der Waals surface area contributed by atoms with Gasteiger partial charge < -0.3 is 10.6 Å². The van der Waals surface area contributed by atoms with Crippen molar-refractivity contribution >= 4 is 5.69 Å². The van der Waals surface area contributed by atoms with Gasteiger partial charge in [-0.2, -0.15) is 0 Å². The molecular formula is C18H26N2. The number of fused-ring (bicyclic) bond motifs is 1. The first kappa shape index (κ1) is 12.7. The summed E-state index contributed by atoms with van der Waals surface area (Å²) in [4.78, 5) is 0. The minimum Gasteiger partial charge on any atom is -0.385 e. The summed E-state index contributed by atoms with van der Waals surface area (Å²) in [6.45, 7) is 3.55. The van der Waals surface area contributed by atoms with Crippen molar-refractivity contribution in [1.29, 1.82) is 0 Å². The summed E-state index contributed by atoms with van der Waals surface area (Å²) >= 11 is 0. The Morgan fingerprint density at radius 2 is 1.80 bits per heavy atom. The quantitative estimate of drug-likeness (QED) is 0.825. The minimum absolute atomic E-state index is 0.700. The summed E-state index contributed by atoms with van der Waals surface area (Å²) in [7, 11) is 0. The van der Waals surface area contributed by atoms with Crippen molar-refractivity contribution in [2.45, 2.75) is 38.0 Å². The van der Waals surface area contributed by atoms with Gasteiger partial charge in [-0.15, -0.1) is 0 Å². The second-order valence-electron chi connectivity index (χ2n) is 7.00. The molecule has 2 fully saturated rings. The summed E-state index contributed by atoms with van der Waals surface area (Å²) in [5.41, 5.74) is 2.87. The standard InChI is InChI=1S/C18H26N2/c1-2-4-18-16(3-1)15(9-10-20-18)11-19-12-17(13-5-6-13)14-7-8-14/h1-4,13-15,17,19-20H,5-12H2. The molecule has 1 aromatic rings. The molecule has 1 unspecified atom stereocenters. The molecule has 3 aliphatic rings. The van der Waals surface area contributed by atoms with Crippen LogP contribution < -0.4 is 10.6 Å². The van der Waals surface area contributed by atoms with Crippen LogP contribution in [0.2, 0.25) is 0 Å². The summed E-state index contributed by atoms with van der Waals surface area (Å²) in [5.74, 6) is 3.82. The van der Waals surface area contributed by atoms with Crippen LogP contribution in [-0.2, 0) is 0 Å². The van der Waals surface area contributed by atoms with Gasteiger partial charge in [0.2, 0.25) is 0 Å². The van der Waals surface area contributed by atoms with Crippen LogP contribution in [0.25, 0.3) is 0 Å². The number of benzene rings is 1. The summed E-state index contributed by atoms with van der Waals surface area (Å²) < 4.78 is 0. The second-order valence-corrected chi connectivity index (χ2v) is 7.00. The van der Waals surface area contributed by atoms with Gasteiger partial charge in [0.15, 0.2) is 0 Å². The molecule has 1 heterocycles. The second kappa shape index (κ2) is 5.40. The maximum Gasteiger partial charge on any atom is 0.0376 e. The van der Waals surface area contributed by atoms with E-state index in [1.165, 1.54) is 49.9 Å². The normalized spacial score (nSPS) is 25.4. The smallest absolute Gasteiger partial charge is 0.0376 e. The number of rotatable bonds is 6. The van der Waals surface area contributed by atoms with Gasteiger partial charge >= 0.3 is 0 Å². The molecule has 4 rings (SSSR count). The molecule has 0 bridgehead atoms. The maximum absolute atomic E-state index is 3.81.